The molecule has 0 spiro atoms. The Balaban J connectivity index is 1.87. The lowest BCUT2D eigenvalue weighted by Gasteiger charge is -2.25. The topological polar surface area (TPSA) is 98.7 Å². The number of hydrogen-bond donors (Lipinski definition) is 1. The van der Waals surface area contributed by atoms with Crippen LogP contribution >= 0.6 is 0 Å². The van der Waals surface area contributed by atoms with E-state index in [0.717, 1.165) is 30.7 Å². The summed E-state index contributed by atoms with van der Waals surface area (Å²) < 4.78 is 5.30. The number of methoxy groups -OCH3 is 1. The molecule has 2 aromatic rings. The van der Waals surface area contributed by atoms with Crippen molar-refractivity contribution in [2.45, 2.75) is 25.4 Å². The fourth-order valence-corrected chi connectivity index (χ4v) is 3.48. The van der Waals surface area contributed by atoms with Crippen LogP contribution in [0.4, 0.5) is 5.69 Å². The summed E-state index contributed by atoms with van der Waals surface area (Å²) in [4.78, 5) is 24.5. The Kier molecular flexibility index (Phi) is 5.18. The van der Waals surface area contributed by atoms with Crippen LogP contribution in [0.1, 0.15) is 40.4 Å². The van der Waals surface area contributed by atoms with Crippen LogP contribution in [-0.4, -0.2) is 29.4 Å². The molecule has 1 fully saturated rings. The van der Waals surface area contributed by atoms with Gasteiger partial charge in [-0.3, -0.25) is 19.8 Å². The van der Waals surface area contributed by atoms with Crippen molar-refractivity contribution in [3.63, 3.8) is 0 Å². The third-order valence-corrected chi connectivity index (χ3v) is 4.78. The van der Waals surface area contributed by atoms with E-state index in [9.17, 15) is 14.9 Å². The van der Waals surface area contributed by atoms with Crippen LogP contribution in [0, 0.1) is 10.1 Å². The van der Waals surface area contributed by atoms with Gasteiger partial charge in [0, 0.05) is 29.8 Å². The average molecular weight is 355 g/mol. The third kappa shape index (κ3) is 3.67. The highest BCUT2D eigenvalue weighted by Crippen LogP contribution is 2.35. The molecule has 3 rings (SSSR count). The van der Waals surface area contributed by atoms with Crippen molar-refractivity contribution in [3.8, 4) is 5.75 Å². The van der Waals surface area contributed by atoms with E-state index in [0.29, 0.717) is 12.1 Å². The predicted molar refractivity (Wildman–Crippen MR) is 97.0 cm³/mol. The minimum absolute atomic E-state index is 0.0717. The SMILES string of the molecule is COc1cccc(C2CCCN2Cc2ccc(C(N)=O)cc2[N+](=O)[O-])c1. The van der Waals surface area contributed by atoms with Gasteiger partial charge in [0.15, 0.2) is 0 Å². The largest absolute Gasteiger partial charge is 0.497 e. The number of hydrogen-bond acceptors (Lipinski definition) is 5. The van der Waals surface area contributed by atoms with Gasteiger partial charge in [-0.05, 0) is 43.1 Å². The van der Waals surface area contributed by atoms with Gasteiger partial charge in [0.25, 0.3) is 5.69 Å². The summed E-state index contributed by atoms with van der Waals surface area (Å²) in [6.07, 6.45) is 2.01. The van der Waals surface area contributed by atoms with Gasteiger partial charge in [-0.25, -0.2) is 0 Å². The molecule has 1 unspecified atom stereocenters. The lowest BCUT2D eigenvalue weighted by atomic mass is 10.0. The monoisotopic (exact) mass is 355 g/mol. The molecule has 0 bridgehead atoms. The number of nitro groups is 1. The summed E-state index contributed by atoms with van der Waals surface area (Å²) in [5.74, 6) is 0.126. The molecule has 1 atom stereocenters. The Morgan fingerprint density at radius 2 is 2.15 bits per heavy atom. The molecular weight excluding hydrogens is 334 g/mol. The summed E-state index contributed by atoms with van der Waals surface area (Å²) in [7, 11) is 1.63. The van der Waals surface area contributed by atoms with Crippen LogP contribution in [0.3, 0.4) is 0 Å². The first-order valence-electron chi connectivity index (χ1n) is 8.44. The van der Waals surface area contributed by atoms with E-state index in [4.69, 9.17) is 10.5 Å². The van der Waals surface area contributed by atoms with Crippen molar-refractivity contribution >= 4 is 11.6 Å². The number of benzene rings is 2. The van der Waals surface area contributed by atoms with Gasteiger partial charge in [0.2, 0.25) is 5.91 Å². The van der Waals surface area contributed by atoms with Crippen molar-refractivity contribution in [1.82, 2.24) is 4.90 Å². The number of primary amides is 1. The molecule has 1 aliphatic rings. The van der Waals surface area contributed by atoms with Gasteiger partial charge in [-0.1, -0.05) is 18.2 Å². The zero-order chi connectivity index (χ0) is 18.7. The minimum atomic E-state index is -0.671. The van der Waals surface area contributed by atoms with Crippen LogP contribution in [-0.2, 0) is 6.54 Å². The number of ether oxygens (including phenoxy) is 1. The molecule has 0 aromatic heterocycles. The van der Waals surface area contributed by atoms with Crippen LogP contribution in [0.25, 0.3) is 0 Å². The zero-order valence-electron chi connectivity index (χ0n) is 14.6. The summed E-state index contributed by atoms with van der Waals surface area (Å²) >= 11 is 0. The highest BCUT2D eigenvalue weighted by Gasteiger charge is 2.28. The first kappa shape index (κ1) is 17.9. The lowest BCUT2D eigenvalue weighted by Crippen LogP contribution is -2.23. The molecule has 0 radical (unpaired) electrons. The van der Waals surface area contributed by atoms with Gasteiger partial charge in [0.05, 0.1) is 12.0 Å². The average Bonchev–Trinajstić information content (AvgIpc) is 3.10. The molecule has 136 valence electrons. The number of amides is 1. The molecule has 26 heavy (non-hydrogen) atoms. The fourth-order valence-electron chi connectivity index (χ4n) is 3.48. The number of nitrogens with zero attached hydrogens (tertiary/aromatic N) is 2. The molecular formula is C19H21N3O4. The van der Waals surface area contributed by atoms with Crippen LogP contribution in [0.2, 0.25) is 0 Å². The minimum Gasteiger partial charge on any atom is -0.497 e. The Hall–Kier alpha value is -2.93. The van der Waals surface area contributed by atoms with Gasteiger partial charge in [-0.15, -0.1) is 0 Å². The third-order valence-electron chi connectivity index (χ3n) is 4.78. The number of rotatable bonds is 6. The summed E-state index contributed by atoms with van der Waals surface area (Å²) in [6, 6.07) is 12.5. The van der Waals surface area contributed by atoms with E-state index in [1.165, 1.54) is 6.07 Å². The number of carbonyl (C=O) groups excluding carboxylic acids is 1. The van der Waals surface area contributed by atoms with Crippen LogP contribution < -0.4 is 10.5 Å². The Bertz CT molecular complexity index is 837. The number of carbonyl (C=O) groups is 1. The molecule has 1 saturated heterocycles. The van der Waals surface area contributed by atoms with Gasteiger partial charge in [-0.2, -0.15) is 0 Å². The summed E-state index contributed by atoms with van der Waals surface area (Å²) in [6.45, 7) is 1.30. The number of likely N-dealkylation sites (tertiary alicyclic amines) is 1. The predicted octanol–water partition coefficient (Wildman–Crippen LogP) is 3.04. The van der Waals surface area contributed by atoms with Crippen molar-refractivity contribution in [1.29, 1.82) is 0 Å². The molecule has 2 N–H and O–H groups in total. The van der Waals surface area contributed by atoms with E-state index in [1.54, 1.807) is 19.2 Å². The maximum atomic E-state index is 11.4. The van der Waals surface area contributed by atoms with Crippen molar-refractivity contribution in [2.24, 2.45) is 5.73 Å². The molecule has 0 saturated carbocycles. The first-order valence-corrected chi connectivity index (χ1v) is 8.44. The molecule has 0 aliphatic carbocycles. The standard InChI is InChI=1S/C19H21N3O4/c1-26-16-5-2-4-13(10-16)17-6-3-9-21(17)12-15-8-7-14(19(20)23)11-18(15)22(24)25/h2,4-5,7-8,10-11,17H,3,6,9,12H2,1H3,(H2,20,23). The number of nitrogens with two attached hydrogens (primary N) is 1. The van der Waals surface area contributed by atoms with E-state index in [2.05, 4.69) is 11.0 Å². The second-order valence-corrected chi connectivity index (χ2v) is 6.37. The summed E-state index contributed by atoms with van der Waals surface area (Å²) in [5, 5.41) is 11.4. The Morgan fingerprint density at radius 1 is 1.35 bits per heavy atom. The van der Waals surface area contributed by atoms with E-state index >= 15 is 0 Å². The van der Waals surface area contributed by atoms with E-state index < -0.39 is 10.8 Å². The van der Waals surface area contributed by atoms with Crippen molar-refractivity contribution < 1.29 is 14.5 Å². The van der Waals surface area contributed by atoms with Crippen LogP contribution in [0.5, 0.6) is 5.75 Å². The van der Waals surface area contributed by atoms with Gasteiger partial charge < -0.3 is 10.5 Å². The molecule has 7 nitrogen and oxygen atoms in total. The van der Waals surface area contributed by atoms with Crippen molar-refractivity contribution in [3.05, 3.63) is 69.3 Å². The molecule has 7 heteroatoms. The Morgan fingerprint density at radius 3 is 2.85 bits per heavy atom. The molecule has 2 aromatic carbocycles. The normalized spacial score (nSPS) is 17.2. The lowest BCUT2D eigenvalue weighted by molar-refractivity contribution is -0.385. The maximum Gasteiger partial charge on any atom is 0.274 e. The Labute approximate surface area is 151 Å². The highest BCUT2D eigenvalue weighted by atomic mass is 16.6. The van der Waals surface area contributed by atoms with Gasteiger partial charge >= 0.3 is 0 Å². The smallest absolute Gasteiger partial charge is 0.274 e. The van der Waals surface area contributed by atoms with Gasteiger partial charge in [0.1, 0.15) is 5.75 Å². The molecule has 1 amide bonds. The summed E-state index contributed by atoms with van der Waals surface area (Å²) in [5.41, 5.74) is 7.03. The molecule has 1 aliphatic heterocycles. The highest BCUT2D eigenvalue weighted by molar-refractivity contribution is 5.93. The maximum absolute atomic E-state index is 11.4. The van der Waals surface area contributed by atoms with Crippen molar-refractivity contribution in [2.75, 3.05) is 13.7 Å². The second-order valence-electron chi connectivity index (χ2n) is 6.37. The number of nitro benzene ring substituents is 1. The van der Waals surface area contributed by atoms with E-state index in [1.807, 2.05) is 18.2 Å². The quantitative estimate of drug-likeness (QED) is 0.634. The fraction of sp³-hybridized carbons (Fsp3) is 0.316. The zero-order valence-corrected chi connectivity index (χ0v) is 14.6. The van der Waals surface area contributed by atoms with E-state index in [-0.39, 0.29) is 17.3 Å². The first-order chi connectivity index (χ1) is 12.5. The van der Waals surface area contributed by atoms with Crippen LogP contribution in [0.15, 0.2) is 42.5 Å². The second kappa shape index (κ2) is 7.53. The molecule has 1 heterocycles.